The monoisotopic (exact) mass is 357 g/mol. The van der Waals surface area contributed by atoms with E-state index in [0.717, 1.165) is 69.9 Å². The van der Waals surface area contributed by atoms with Gasteiger partial charge in [0.1, 0.15) is 0 Å². The van der Waals surface area contributed by atoms with Crippen LogP contribution >= 0.6 is 0 Å². The summed E-state index contributed by atoms with van der Waals surface area (Å²) >= 11 is 0. The molecule has 0 spiro atoms. The minimum absolute atomic E-state index is 0.0306. The molecule has 2 saturated heterocycles. The molecular weight excluding hydrogens is 330 g/mol. The molecule has 2 fully saturated rings. The SMILES string of the molecule is O=C(C[C@H]1CCCO1)Nc1ccc2c(ccn2CCN2CCOCC2)c1. The second-order valence-electron chi connectivity index (χ2n) is 7.12. The van der Waals surface area contributed by atoms with Gasteiger partial charge in [-0.05, 0) is 37.1 Å². The number of morpholine rings is 1. The first-order valence-electron chi connectivity index (χ1n) is 9.58. The van der Waals surface area contributed by atoms with Gasteiger partial charge in [0.15, 0.2) is 0 Å². The Morgan fingerprint density at radius 1 is 1.15 bits per heavy atom. The highest BCUT2D eigenvalue weighted by molar-refractivity contribution is 5.94. The molecule has 0 unspecified atom stereocenters. The first-order valence-corrected chi connectivity index (χ1v) is 9.58. The van der Waals surface area contributed by atoms with Crippen LogP contribution in [0, 0.1) is 0 Å². The van der Waals surface area contributed by atoms with Crippen molar-refractivity contribution in [2.45, 2.75) is 31.9 Å². The Bertz CT molecular complexity index is 746. The quantitative estimate of drug-likeness (QED) is 0.863. The van der Waals surface area contributed by atoms with Crippen LogP contribution in [0.4, 0.5) is 5.69 Å². The standard InChI is InChI=1S/C20H27N3O3/c24-20(15-18-2-1-11-26-18)21-17-3-4-19-16(14-17)5-6-23(19)8-7-22-9-12-25-13-10-22/h3-6,14,18H,1-2,7-13,15H2,(H,21,24)/t18-/m1/s1. The fourth-order valence-corrected chi connectivity index (χ4v) is 3.77. The molecule has 26 heavy (non-hydrogen) atoms. The number of ether oxygens (including phenoxy) is 2. The molecular formula is C20H27N3O3. The molecule has 6 nitrogen and oxygen atoms in total. The fraction of sp³-hybridized carbons (Fsp3) is 0.550. The third kappa shape index (κ3) is 4.26. The van der Waals surface area contributed by atoms with Crippen LogP contribution in [0.2, 0.25) is 0 Å². The second-order valence-corrected chi connectivity index (χ2v) is 7.12. The van der Waals surface area contributed by atoms with Crippen LogP contribution in [0.5, 0.6) is 0 Å². The summed E-state index contributed by atoms with van der Waals surface area (Å²) in [7, 11) is 0. The van der Waals surface area contributed by atoms with Crippen molar-refractivity contribution in [1.29, 1.82) is 0 Å². The van der Waals surface area contributed by atoms with Crippen molar-refractivity contribution in [2.24, 2.45) is 0 Å². The van der Waals surface area contributed by atoms with Crippen molar-refractivity contribution in [3.05, 3.63) is 30.5 Å². The molecule has 2 aromatic rings. The lowest BCUT2D eigenvalue weighted by atomic mass is 10.1. The molecule has 6 heteroatoms. The van der Waals surface area contributed by atoms with Crippen LogP contribution in [0.3, 0.4) is 0 Å². The van der Waals surface area contributed by atoms with Gasteiger partial charge < -0.3 is 19.4 Å². The lowest BCUT2D eigenvalue weighted by molar-refractivity contribution is -0.118. The summed E-state index contributed by atoms with van der Waals surface area (Å²) in [5.41, 5.74) is 2.06. The summed E-state index contributed by atoms with van der Waals surface area (Å²) in [6, 6.07) is 8.25. The molecule has 1 amide bonds. The van der Waals surface area contributed by atoms with E-state index in [1.54, 1.807) is 0 Å². The highest BCUT2D eigenvalue weighted by Crippen LogP contribution is 2.22. The Morgan fingerprint density at radius 2 is 2.04 bits per heavy atom. The number of nitrogens with one attached hydrogen (secondary N) is 1. The Balaban J connectivity index is 1.36. The number of benzene rings is 1. The van der Waals surface area contributed by atoms with E-state index in [-0.39, 0.29) is 12.0 Å². The van der Waals surface area contributed by atoms with Gasteiger partial charge in [0.2, 0.25) is 5.91 Å². The zero-order valence-corrected chi connectivity index (χ0v) is 15.2. The van der Waals surface area contributed by atoms with E-state index in [4.69, 9.17) is 9.47 Å². The maximum Gasteiger partial charge on any atom is 0.226 e. The van der Waals surface area contributed by atoms with Crippen LogP contribution in [0.15, 0.2) is 30.5 Å². The maximum atomic E-state index is 12.2. The van der Waals surface area contributed by atoms with E-state index < -0.39 is 0 Å². The molecule has 1 aromatic carbocycles. The Hall–Kier alpha value is -1.89. The van der Waals surface area contributed by atoms with Gasteiger partial charge >= 0.3 is 0 Å². The first kappa shape index (κ1) is 17.5. The molecule has 1 N–H and O–H groups in total. The average Bonchev–Trinajstić information content (AvgIpc) is 3.30. The van der Waals surface area contributed by atoms with Crippen LogP contribution in [-0.4, -0.2) is 60.9 Å². The number of carbonyl (C=O) groups excluding carboxylic acids is 1. The predicted octanol–water partition coefficient (Wildman–Crippen LogP) is 2.48. The summed E-state index contributed by atoms with van der Waals surface area (Å²) in [5, 5.41) is 4.16. The second kappa shape index (κ2) is 8.20. The summed E-state index contributed by atoms with van der Waals surface area (Å²) in [5.74, 6) is 0.0306. The number of anilines is 1. The molecule has 0 radical (unpaired) electrons. The minimum Gasteiger partial charge on any atom is -0.379 e. The normalized spacial score (nSPS) is 21.3. The molecule has 1 atom stereocenters. The van der Waals surface area contributed by atoms with Gasteiger partial charge in [0.25, 0.3) is 0 Å². The summed E-state index contributed by atoms with van der Waals surface area (Å²) < 4.78 is 13.2. The Morgan fingerprint density at radius 3 is 2.85 bits per heavy atom. The molecule has 0 bridgehead atoms. The molecule has 0 saturated carbocycles. The van der Waals surface area contributed by atoms with Crippen molar-refractivity contribution < 1.29 is 14.3 Å². The zero-order chi connectivity index (χ0) is 17.8. The van der Waals surface area contributed by atoms with E-state index in [1.807, 2.05) is 12.1 Å². The molecule has 2 aliphatic rings. The topological polar surface area (TPSA) is 55.7 Å². The first-order chi connectivity index (χ1) is 12.8. The van der Waals surface area contributed by atoms with Gasteiger partial charge in [-0.2, -0.15) is 0 Å². The van der Waals surface area contributed by atoms with E-state index in [1.165, 1.54) is 5.52 Å². The van der Waals surface area contributed by atoms with Gasteiger partial charge in [0.05, 0.1) is 25.7 Å². The minimum atomic E-state index is 0.0306. The number of amides is 1. The third-order valence-electron chi connectivity index (χ3n) is 5.25. The summed E-state index contributed by atoms with van der Waals surface area (Å²) in [6.07, 6.45) is 4.70. The number of nitrogens with zero attached hydrogens (tertiary/aromatic N) is 2. The molecule has 140 valence electrons. The maximum absolute atomic E-state index is 12.2. The van der Waals surface area contributed by atoms with E-state index in [2.05, 4.69) is 33.1 Å². The van der Waals surface area contributed by atoms with Gasteiger partial charge in [-0.25, -0.2) is 0 Å². The molecule has 0 aliphatic carbocycles. The van der Waals surface area contributed by atoms with E-state index >= 15 is 0 Å². The summed E-state index contributed by atoms with van der Waals surface area (Å²) in [4.78, 5) is 14.6. The Kier molecular flexibility index (Phi) is 5.53. The fourth-order valence-electron chi connectivity index (χ4n) is 3.77. The van der Waals surface area contributed by atoms with Crippen LogP contribution in [-0.2, 0) is 20.8 Å². The van der Waals surface area contributed by atoms with Gasteiger partial charge in [-0.1, -0.05) is 0 Å². The molecule has 1 aromatic heterocycles. The largest absolute Gasteiger partial charge is 0.379 e. The zero-order valence-electron chi connectivity index (χ0n) is 15.2. The van der Waals surface area contributed by atoms with Gasteiger partial charge in [-0.15, -0.1) is 0 Å². The highest BCUT2D eigenvalue weighted by atomic mass is 16.5. The number of fused-ring (bicyclic) bond motifs is 1. The number of aromatic nitrogens is 1. The lowest BCUT2D eigenvalue weighted by Gasteiger charge is -2.26. The van der Waals surface area contributed by atoms with Crippen molar-refractivity contribution in [3.63, 3.8) is 0 Å². The Labute approximate surface area is 154 Å². The molecule has 3 heterocycles. The number of hydrogen-bond donors (Lipinski definition) is 1. The number of rotatable bonds is 6. The van der Waals surface area contributed by atoms with Crippen molar-refractivity contribution >= 4 is 22.5 Å². The number of hydrogen-bond acceptors (Lipinski definition) is 4. The number of carbonyl (C=O) groups is 1. The van der Waals surface area contributed by atoms with Gasteiger partial charge in [0, 0.05) is 55.6 Å². The van der Waals surface area contributed by atoms with Crippen molar-refractivity contribution in [3.8, 4) is 0 Å². The molecule has 2 aliphatic heterocycles. The predicted molar refractivity (Wildman–Crippen MR) is 101 cm³/mol. The smallest absolute Gasteiger partial charge is 0.226 e. The van der Waals surface area contributed by atoms with E-state index in [0.29, 0.717) is 6.42 Å². The third-order valence-corrected chi connectivity index (χ3v) is 5.25. The highest BCUT2D eigenvalue weighted by Gasteiger charge is 2.19. The van der Waals surface area contributed by atoms with Crippen LogP contribution in [0.25, 0.3) is 10.9 Å². The molecule has 4 rings (SSSR count). The van der Waals surface area contributed by atoms with Crippen molar-refractivity contribution in [1.82, 2.24) is 9.47 Å². The van der Waals surface area contributed by atoms with E-state index in [9.17, 15) is 4.79 Å². The van der Waals surface area contributed by atoms with Crippen LogP contribution in [0.1, 0.15) is 19.3 Å². The van der Waals surface area contributed by atoms with Crippen LogP contribution < -0.4 is 5.32 Å². The average molecular weight is 357 g/mol. The van der Waals surface area contributed by atoms with Gasteiger partial charge in [-0.3, -0.25) is 9.69 Å². The summed E-state index contributed by atoms with van der Waals surface area (Å²) in [6.45, 7) is 6.48. The van der Waals surface area contributed by atoms with Crippen molar-refractivity contribution in [2.75, 3.05) is 44.8 Å². The lowest BCUT2D eigenvalue weighted by Crippen LogP contribution is -2.38.